The van der Waals surface area contributed by atoms with E-state index in [0.717, 1.165) is 44.3 Å². The number of aryl methyl sites for hydroxylation is 5. The molecule has 19 heteroatoms. The molecule has 4 aromatic rings. The van der Waals surface area contributed by atoms with Crippen molar-refractivity contribution < 1.29 is 0 Å². The molecule has 18 nitrogen and oxygen atoms in total. The second-order valence-corrected chi connectivity index (χ2v) is 11.0. The van der Waals surface area contributed by atoms with E-state index in [1.54, 1.807) is 6.92 Å². The molecule has 0 amide bonds. The third-order valence-electron chi connectivity index (χ3n) is 6.54. The van der Waals surface area contributed by atoms with Gasteiger partial charge in [-0.25, -0.2) is 15.0 Å². The van der Waals surface area contributed by atoms with Crippen molar-refractivity contribution in [3.8, 4) is 0 Å². The number of rotatable bonds is 21. The normalized spacial score (nSPS) is 11.0. The average Bonchev–Trinajstić information content (AvgIpc) is 3.05. The minimum absolute atomic E-state index is 0.168. The van der Waals surface area contributed by atoms with Crippen LogP contribution in [-0.4, -0.2) is 91.7 Å². The van der Waals surface area contributed by atoms with Gasteiger partial charge in [-0.05, 0) is 32.6 Å². The van der Waals surface area contributed by atoms with Gasteiger partial charge in [0.05, 0.1) is 0 Å². The Morgan fingerprint density at radius 2 is 1.02 bits per heavy atom. The molecule has 0 fully saturated rings. The lowest BCUT2D eigenvalue weighted by Gasteiger charge is -2.10. The van der Waals surface area contributed by atoms with Crippen LogP contribution in [0.2, 0.25) is 0 Å². The Hall–Kier alpha value is -4.81. The molecule has 4 aromatic heterocycles. The Morgan fingerprint density at radius 1 is 0.532 bits per heavy atom. The van der Waals surface area contributed by atoms with Crippen molar-refractivity contribution in [3.63, 3.8) is 0 Å². The van der Waals surface area contributed by atoms with Gasteiger partial charge in [0.2, 0.25) is 35.7 Å². The molecule has 0 aliphatic rings. The first-order chi connectivity index (χ1) is 22.9. The first kappa shape index (κ1) is 35.1. The molecule has 8 N–H and O–H groups in total. The molecular weight excluding hydrogens is 621 g/mol. The van der Waals surface area contributed by atoms with Crippen molar-refractivity contribution in [3.05, 3.63) is 35.4 Å². The first-order valence-corrected chi connectivity index (χ1v) is 16.5. The summed E-state index contributed by atoms with van der Waals surface area (Å²) in [4.78, 5) is 52.1. The monoisotopic (exact) mass is 664 g/mol. The van der Waals surface area contributed by atoms with E-state index in [1.165, 1.54) is 6.33 Å². The number of unbranched alkanes of at least 4 members (excludes halogenated alkanes) is 1. The lowest BCUT2D eigenvalue weighted by molar-refractivity contribution is 0.741. The van der Waals surface area contributed by atoms with E-state index in [2.05, 4.69) is 101 Å². The van der Waals surface area contributed by atoms with Crippen molar-refractivity contribution in [1.29, 1.82) is 0 Å². The highest BCUT2D eigenvalue weighted by atomic mass is 32.1. The van der Waals surface area contributed by atoms with Gasteiger partial charge in [0.25, 0.3) is 0 Å². The van der Waals surface area contributed by atoms with Gasteiger partial charge in [-0.2, -0.15) is 57.5 Å². The lowest BCUT2D eigenvalue weighted by atomic mass is 10.2. The number of anilines is 6. The average molecular weight is 665 g/mol. The second-order valence-electron chi connectivity index (χ2n) is 10.6. The van der Waals surface area contributed by atoms with Gasteiger partial charge in [0.15, 0.2) is 0 Å². The Balaban J connectivity index is 1.17. The summed E-state index contributed by atoms with van der Waals surface area (Å²) < 4.78 is 0. The Bertz CT molecular complexity index is 1490. The van der Waals surface area contributed by atoms with Gasteiger partial charge < -0.3 is 32.7 Å². The van der Waals surface area contributed by atoms with Crippen LogP contribution in [0.25, 0.3) is 0 Å². The minimum Gasteiger partial charge on any atom is -0.368 e. The minimum atomic E-state index is 0.168. The summed E-state index contributed by atoms with van der Waals surface area (Å²) in [6, 6.07) is 0. The van der Waals surface area contributed by atoms with Gasteiger partial charge in [0.1, 0.15) is 35.4 Å². The van der Waals surface area contributed by atoms with Gasteiger partial charge >= 0.3 is 0 Å². The van der Waals surface area contributed by atoms with Crippen molar-refractivity contribution in [2.24, 2.45) is 0 Å². The van der Waals surface area contributed by atoms with Crippen molar-refractivity contribution in [2.45, 2.75) is 71.6 Å². The van der Waals surface area contributed by atoms with Crippen molar-refractivity contribution in [1.82, 2.24) is 59.8 Å². The van der Waals surface area contributed by atoms with E-state index in [-0.39, 0.29) is 11.9 Å². The molecule has 0 unspecified atom stereocenters. The van der Waals surface area contributed by atoms with Crippen LogP contribution in [0.3, 0.4) is 0 Å². The molecule has 0 saturated heterocycles. The molecule has 252 valence electrons. The van der Waals surface area contributed by atoms with Crippen LogP contribution in [-0.2, 0) is 25.7 Å². The number of hydrogen-bond donors (Lipinski definition) is 7. The fourth-order valence-corrected chi connectivity index (χ4v) is 4.48. The summed E-state index contributed by atoms with van der Waals surface area (Å²) >= 11 is 4.25. The predicted octanol–water partition coefficient (Wildman–Crippen LogP) is 1.72. The molecular formula is C28H44N18S. The highest BCUT2D eigenvalue weighted by Gasteiger charge is 2.09. The maximum absolute atomic E-state index is 5.93. The Morgan fingerprint density at radius 3 is 1.64 bits per heavy atom. The SMILES string of the molecule is CCCCc1nc(NCCS)nc(NCCCc2ncnc(NCCCc3nc(N)nc(NCCCc4nc(C)nc(N)n4)n3)n2)n1. The van der Waals surface area contributed by atoms with Gasteiger partial charge in [-0.3, -0.25) is 0 Å². The van der Waals surface area contributed by atoms with Gasteiger partial charge in [0, 0.05) is 57.6 Å². The fraction of sp³-hybridized carbons (Fsp3) is 0.571. The molecule has 0 radical (unpaired) electrons. The van der Waals surface area contributed by atoms with Crippen LogP contribution >= 0.6 is 12.6 Å². The number of nitrogens with zero attached hydrogens (tertiary/aromatic N) is 12. The van der Waals surface area contributed by atoms with E-state index in [0.29, 0.717) is 98.3 Å². The van der Waals surface area contributed by atoms with Crippen LogP contribution in [0.15, 0.2) is 6.33 Å². The molecule has 4 rings (SSSR count). The first-order valence-electron chi connectivity index (χ1n) is 15.9. The maximum atomic E-state index is 5.93. The number of hydrogen-bond acceptors (Lipinski definition) is 19. The van der Waals surface area contributed by atoms with E-state index >= 15 is 0 Å². The van der Waals surface area contributed by atoms with Crippen LogP contribution in [0.1, 0.15) is 68.1 Å². The van der Waals surface area contributed by atoms with Crippen LogP contribution in [0, 0.1) is 6.92 Å². The number of nitrogen functional groups attached to an aromatic ring is 2. The molecule has 0 atom stereocenters. The summed E-state index contributed by atoms with van der Waals surface area (Å²) in [7, 11) is 0. The largest absolute Gasteiger partial charge is 0.368 e. The van der Waals surface area contributed by atoms with E-state index < -0.39 is 0 Å². The predicted molar refractivity (Wildman–Crippen MR) is 184 cm³/mol. The van der Waals surface area contributed by atoms with Crippen LogP contribution < -0.4 is 32.7 Å². The molecule has 0 bridgehead atoms. The van der Waals surface area contributed by atoms with Crippen LogP contribution in [0.4, 0.5) is 35.7 Å². The Labute approximate surface area is 279 Å². The number of nitrogens with one attached hydrogen (secondary N) is 4. The van der Waals surface area contributed by atoms with Gasteiger partial charge in [-0.1, -0.05) is 13.3 Å². The topological polar surface area (TPSA) is 255 Å². The third-order valence-corrected chi connectivity index (χ3v) is 6.77. The molecule has 47 heavy (non-hydrogen) atoms. The zero-order chi connectivity index (χ0) is 33.3. The fourth-order valence-electron chi connectivity index (χ4n) is 4.37. The van der Waals surface area contributed by atoms with E-state index in [4.69, 9.17) is 11.5 Å². The van der Waals surface area contributed by atoms with Gasteiger partial charge in [-0.15, -0.1) is 0 Å². The summed E-state index contributed by atoms with van der Waals surface area (Å²) in [6.07, 6.45) is 8.64. The number of thiol groups is 1. The summed E-state index contributed by atoms with van der Waals surface area (Å²) in [5, 5.41) is 12.9. The van der Waals surface area contributed by atoms with Crippen molar-refractivity contribution in [2.75, 3.05) is 64.7 Å². The highest BCUT2D eigenvalue weighted by Crippen LogP contribution is 2.10. The quantitative estimate of drug-likeness (QED) is 0.0494. The molecule has 0 aliphatic heterocycles. The van der Waals surface area contributed by atoms with Crippen LogP contribution in [0.5, 0.6) is 0 Å². The molecule has 0 aliphatic carbocycles. The van der Waals surface area contributed by atoms with Crippen molar-refractivity contribution >= 4 is 48.3 Å². The lowest BCUT2D eigenvalue weighted by Crippen LogP contribution is -2.14. The molecule has 0 spiro atoms. The number of aromatic nitrogens is 12. The summed E-state index contributed by atoms with van der Waals surface area (Å²) in [6.45, 7) is 6.51. The zero-order valence-electron chi connectivity index (χ0n) is 26.9. The standard InChI is InChI=1S/C28H44N18S/c1-3-4-8-22-43-27(46-28(44-22)34-15-16-47)33-13-5-9-19-35-17-36-25(41-19)31-12-7-11-21-40-24(30)45-26(42-21)32-14-6-10-20-37-18(2)38-23(29)39-20/h17,47H,3-16H2,1-2H3,(H2,29,37,38,39)(H,31,35,36,41)(H3,30,32,40,42,45)(H2,33,34,43,44,46). The van der Waals surface area contributed by atoms with E-state index in [1.807, 2.05) is 0 Å². The second kappa shape index (κ2) is 19.0. The Kier molecular flexibility index (Phi) is 14.2. The molecule has 4 heterocycles. The summed E-state index contributed by atoms with van der Waals surface area (Å²) in [5.41, 5.74) is 11.6. The third kappa shape index (κ3) is 12.8. The van der Waals surface area contributed by atoms with E-state index in [9.17, 15) is 0 Å². The molecule has 0 saturated carbocycles. The smallest absolute Gasteiger partial charge is 0.227 e. The highest BCUT2D eigenvalue weighted by molar-refractivity contribution is 7.80. The maximum Gasteiger partial charge on any atom is 0.227 e. The molecule has 0 aromatic carbocycles. The number of nitrogens with two attached hydrogens (primary N) is 2. The zero-order valence-corrected chi connectivity index (χ0v) is 27.8. The summed E-state index contributed by atoms with van der Waals surface area (Å²) in [5.74, 6) is 6.51.